The van der Waals surface area contributed by atoms with E-state index in [1.807, 2.05) is 37.1 Å². The summed E-state index contributed by atoms with van der Waals surface area (Å²) in [5, 5.41) is 8.92. The van der Waals surface area contributed by atoms with Crippen molar-refractivity contribution in [3.63, 3.8) is 0 Å². The minimum Gasteiger partial charge on any atom is -0.482 e. The molecule has 0 bridgehead atoms. The first-order valence-corrected chi connectivity index (χ1v) is 5.70. The van der Waals surface area contributed by atoms with Crippen LogP contribution in [0.3, 0.4) is 0 Å². The molecular weight excluding hydrogens is 230 g/mol. The van der Waals surface area contributed by atoms with E-state index in [0.29, 0.717) is 5.75 Å². The number of amides is 1. The standard InChI is InChI=1S/C13H15N3O2/c1-9(7-14)15(2)10-4-5-12-11(6-10)16(3)13(17)8-18-12/h4-6,9H,8H2,1-3H3. The fourth-order valence-corrected chi connectivity index (χ4v) is 1.79. The number of nitrogens with zero attached hydrogens (tertiary/aromatic N) is 3. The van der Waals surface area contributed by atoms with Crippen molar-refractivity contribution in [2.45, 2.75) is 13.0 Å². The van der Waals surface area contributed by atoms with Gasteiger partial charge in [-0.15, -0.1) is 0 Å². The second-order valence-corrected chi connectivity index (χ2v) is 4.31. The zero-order valence-corrected chi connectivity index (χ0v) is 10.7. The lowest BCUT2D eigenvalue weighted by molar-refractivity contribution is -0.120. The lowest BCUT2D eigenvalue weighted by atomic mass is 10.2. The molecule has 0 radical (unpaired) electrons. The zero-order chi connectivity index (χ0) is 13.3. The van der Waals surface area contributed by atoms with Crippen LogP contribution in [0.5, 0.6) is 5.75 Å². The van der Waals surface area contributed by atoms with E-state index < -0.39 is 0 Å². The molecule has 2 rings (SSSR count). The maximum absolute atomic E-state index is 11.6. The minimum atomic E-state index is -0.228. The molecular formula is C13H15N3O2. The van der Waals surface area contributed by atoms with E-state index in [2.05, 4.69) is 6.07 Å². The van der Waals surface area contributed by atoms with E-state index in [9.17, 15) is 4.79 Å². The molecule has 1 amide bonds. The van der Waals surface area contributed by atoms with Crippen molar-refractivity contribution in [1.82, 2.24) is 0 Å². The van der Waals surface area contributed by atoms with Crippen LogP contribution in [0, 0.1) is 11.3 Å². The topological polar surface area (TPSA) is 56.6 Å². The van der Waals surface area contributed by atoms with E-state index in [4.69, 9.17) is 10.00 Å². The highest BCUT2D eigenvalue weighted by Crippen LogP contribution is 2.34. The highest BCUT2D eigenvalue weighted by atomic mass is 16.5. The largest absolute Gasteiger partial charge is 0.482 e. The first kappa shape index (κ1) is 12.2. The van der Waals surface area contributed by atoms with Gasteiger partial charge in [-0.3, -0.25) is 4.79 Å². The maximum Gasteiger partial charge on any atom is 0.264 e. The third kappa shape index (κ3) is 1.97. The molecule has 5 nitrogen and oxygen atoms in total. The van der Waals surface area contributed by atoms with Crippen LogP contribution in [0.2, 0.25) is 0 Å². The number of hydrogen-bond donors (Lipinski definition) is 0. The molecule has 0 saturated heterocycles. The molecule has 94 valence electrons. The second-order valence-electron chi connectivity index (χ2n) is 4.31. The Labute approximate surface area is 106 Å². The highest BCUT2D eigenvalue weighted by molar-refractivity contribution is 5.97. The second kappa shape index (κ2) is 4.57. The summed E-state index contributed by atoms with van der Waals surface area (Å²) in [4.78, 5) is 15.0. The van der Waals surface area contributed by atoms with Gasteiger partial charge in [0.1, 0.15) is 11.8 Å². The van der Waals surface area contributed by atoms with Crippen LogP contribution in [0.25, 0.3) is 0 Å². The minimum absolute atomic E-state index is 0.0735. The van der Waals surface area contributed by atoms with Crippen molar-refractivity contribution >= 4 is 17.3 Å². The van der Waals surface area contributed by atoms with Gasteiger partial charge in [-0.25, -0.2) is 0 Å². The third-order valence-electron chi connectivity index (χ3n) is 3.20. The SMILES string of the molecule is CC(C#N)N(C)c1ccc2c(c1)N(C)C(=O)CO2. The summed E-state index contributed by atoms with van der Waals surface area (Å²) in [6.07, 6.45) is 0. The molecule has 0 aromatic heterocycles. The Balaban J connectivity index is 2.38. The third-order valence-corrected chi connectivity index (χ3v) is 3.20. The van der Waals surface area contributed by atoms with Gasteiger partial charge in [-0.05, 0) is 25.1 Å². The first-order chi connectivity index (χ1) is 8.54. The van der Waals surface area contributed by atoms with Crippen molar-refractivity contribution < 1.29 is 9.53 Å². The number of anilines is 2. The van der Waals surface area contributed by atoms with Gasteiger partial charge in [0.2, 0.25) is 0 Å². The van der Waals surface area contributed by atoms with Crippen LogP contribution >= 0.6 is 0 Å². The molecule has 0 aliphatic carbocycles. The van der Waals surface area contributed by atoms with Gasteiger partial charge in [0.05, 0.1) is 11.8 Å². The lowest BCUT2D eigenvalue weighted by Gasteiger charge is -2.28. The number of nitriles is 1. The number of benzene rings is 1. The van der Waals surface area contributed by atoms with Crippen LogP contribution in [0.15, 0.2) is 18.2 Å². The first-order valence-electron chi connectivity index (χ1n) is 5.70. The van der Waals surface area contributed by atoms with Crippen molar-refractivity contribution in [3.8, 4) is 11.8 Å². The van der Waals surface area contributed by atoms with Crippen LogP contribution < -0.4 is 14.5 Å². The predicted molar refractivity (Wildman–Crippen MR) is 68.8 cm³/mol. The Morgan fingerprint density at radius 2 is 2.28 bits per heavy atom. The number of likely N-dealkylation sites (N-methyl/N-ethyl adjacent to an activating group) is 1. The Hall–Kier alpha value is -2.22. The highest BCUT2D eigenvalue weighted by Gasteiger charge is 2.23. The lowest BCUT2D eigenvalue weighted by Crippen LogP contribution is -2.35. The van der Waals surface area contributed by atoms with Gasteiger partial charge in [0, 0.05) is 19.8 Å². The number of carbonyl (C=O) groups excluding carboxylic acids is 1. The van der Waals surface area contributed by atoms with Gasteiger partial charge in [0.15, 0.2) is 6.61 Å². The van der Waals surface area contributed by atoms with Gasteiger partial charge in [-0.2, -0.15) is 5.26 Å². The Kier molecular flexibility index (Phi) is 3.11. The van der Waals surface area contributed by atoms with Crippen molar-refractivity contribution in [1.29, 1.82) is 5.26 Å². The summed E-state index contributed by atoms with van der Waals surface area (Å²) in [6.45, 7) is 1.90. The average molecular weight is 245 g/mol. The van der Waals surface area contributed by atoms with E-state index >= 15 is 0 Å². The van der Waals surface area contributed by atoms with Crippen LogP contribution in [0.1, 0.15) is 6.92 Å². The number of hydrogen-bond acceptors (Lipinski definition) is 4. The molecule has 1 aromatic rings. The Morgan fingerprint density at radius 3 is 2.94 bits per heavy atom. The maximum atomic E-state index is 11.6. The monoisotopic (exact) mass is 245 g/mol. The molecule has 0 N–H and O–H groups in total. The molecule has 0 spiro atoms. The Morgan fingerprint density at radius 1 is 1.56 bits per heavy atom. The van der Waals surface area contributed by atoms with Crippen molar-refractivity contribution in [3.05, 3.63) is 18.2 Å². The number of carbonyl (C=O) groups is 1. The number of fused-ring (bicyclic) bond motifs is 1. The summed E-state index contributed by atoms with van der Waals surface area (Å²) >= 11 is 0. The van der Waals surface area contributed by atoms with E-state index in [1.165, 1.54) is 0 Å². The van der Waals surface area contributed by atoms with Gasteiger partial charge >= 0.3 is 0 Å². The Bertz CT molecular complexity index is 521. The molecule has 1 aliphatic rings. The normalized spacial score (nSPS) is 15.4. The average Bonchev–Trinajstić information content (AvgIpc) is 2.41. The zero-order valence-electron chi connectivity index (χ0n) is 10.7. The molecule has 1 unspecified atom stereocenters. The summed E-state index contributed by atoms with van der Waals surface area (Å²) in [5.41, 5.74) is 1.62. The van der Waals surface area contributed by atoms with Crippen LogP contribution in [0.4, 0.5) is 11.4 Å². The smallest absolute Gasteiger partial charge is 0.264 e. The summed E-state index contributed by atoms with van der Waals surface area (Å²) in [6, 6.07) is 7.52. The van der Waals surface area contributed by atoms with Gasteiger partial charge in [0.25, 0.3) is 5.91 Å². The summed E-state index contributed by atoms with van der Waals surface area (Å²) in [5.74, 6) is 0.620. The van der Waals surface area contributed by atoms with Gasteiger partial charge < -0.3 is 14.5 Å². The van der Waals surface area contributed by atoms with Crippen molar-refractivity contribution in [2.75, 3.05) is 30.5 Å². The van der Waals surface area contributed by atoms with E-state index in [1.54, 1.807) is 11.9 Å². The van der Waals surface area contributed by atoms with Crippen LogP contribution in [-0.2, 0) is 4.79 Å². The molecule has 1 aromatic carbocycles. The molecule has 18 heavy (non-hydrogen) atoms. The molecule has 1 aliphatic heterocycles. The quantitative estimate of drug-likeness (QED) is 0.790. The molecule has 5 heteroatoms. The van der Waals surface area contributed by atoms with E-state index in [0.717, 1.165) is 11.4 Å². The molecule has 1 heterocycles. The molecule has 1 atom stereocenters. The van der Waals surface area contributed by atoms with Gasteiger partial charge in [-0.1, -0.05) is 0 Å². The van der Waals surface area contributed by atoms with E-state index in [-0.39, 0.29) is 18.6 Å². The molecule has 0 saturated carbocycles. The summed E-state index contributed by atoms with van der Waals surface area (Å²) in [7, 11) is 3.57. The van der Waals surface area contributed by atoms with Crippen molar-refractivity contribution in [2.24, 2.45) is 0 Å². The van der Waals surface area contributed by atoms with Crippen LogP contribution in [-0.4, -0.2) is 32.7 Å². The fraction of sp³-hybridized carbons (Fsp3) is 0.385. The predicted octanol–water partition coefficient (Wildman–Crippen LogP) is 1.39. The fourth-order valence-electron chi connectivity index (χ4n) is 1.79. The molecule has 0 fully saturated rings. The number of ether oxygens (including phenoxy) is 1. The summed E-state index contributed by atoms with van der Waals surface area (Å²) < 4.78 is 5.35. The number of rotatable bonds is 2.